The Labute approximate surface area is 119 Å². The quantitative estimate of drug-likeness (QED) is 0.773. The van der Waals surface area contributed by atoms with Crippen LogP contribution in [0, 0.1) is 11.7 Å². The third kappa shape index (κ3) is 4.64. The Kier molecular flexibility index (Phi) is 4.82. The summed E-state index contributed by atoms with van der Waals surface area (Å²) in [6.45, 7) is 2.86. The second-order valence-electron chi connectivity index (χ2n) is 5.14. The summed E-state index contributed by atoms with van der Waals surface area (Å²) in [6.07, 6.45) is 3.23. The largest absolute Gasteiger partial charge is 0.385 e. The maximum atomic E-state index is 13.5. The van der Waals surface area contributed by atoms with Crippen molar-refractivity contribution in [3.05, 3.63) is 24.0 Å². The molecule has 0 aliphatic carbocycles. The van der Waals surface area contributed by atoms with Crippen molar-refractivity contribution in [2.75, 3.05) is 35.9 Å². The zero-order chi connectivity index (χ0) is 14.6. The standard InChI is InChI=1S/C13H20FN3O2S/c1-20(18,19)17-13-8-11(2-3-12(13)14)16-9-10-4-6-15-7-5-10/h2-3,8,10,15-17H,4-7,9H2,1H3. The highest BCUT2D eigenvalue weighted by Crippen LogP contribution is 2.21. The molecule has 0 unspecified atom stereocenters. The average Bonchev–Trinajstić information content (AvgIpc) is 2.39. The predicted octanol–water partition coefficient (Wildman–Crippen LogP) is 1.61. The van der Waals surface area contributed by atoms with Crippen LogP contribution in [0.3, 0.4) is 0 Å². The summed E-state index contributed by atoms with van der Waals surface area (Å²) in [6, 6.07) is 4.36. The molecule has 1 aliphatic rings. The first-order valence-corrected chi connectivity index (χ1v) is 8.55. The third-order valence-electron chi connectivity index (χ3n) is 3.32. The van der Waals surface area contributed by atoms with E-state index in [0.717, 1.165) is 44.4 Å². The molecule has 1 heterocycles. The van der Waals surface area contributed by atoms with Gasteiger partial charge in [0.2, 0.25) is 10.0 Å². The van der Waals surface area contributed by atoms with E-state index in [1.165, 1.54) is 12.1 Å². The van der Waals surface area contributed by atoms with Gasteiger partial charge in [-0.1, -0.05) is 0 Å². The second-order valence-corrected chi connectivity index (χ2v) is 6.89. The number of halogens is 1. The van der Waals surface area contributed by atoms with Crippen molar-refractivity contribution in [1.29, 1.82) is 0 Å². The van der Waals surface area contributed by atoms with Gasteiger partial charge in [-0.3, -0.25) is 4.72 Å². The van der Waals surface area contributed by atoms with Crippen LogP contribution in [0.5, 0.6) is 0 Å². The third-order valence-corrected chi connectivity index (χ3v) is 3.91. The minimum Gasteiger partial charge on any atom is -0.385 e. The lowest BCUT2D eigenvalue weighted by Crippen LogP contribution is -2.31. The summed E-state index contributed by atoms with van der Waals surface area (Å²) in [5.74, 6) is 0.00969. The van der Waals surface area contributed by atoms with Crippen LogP contribution in [0.2, 0.25) is 0 Å². The maximum Gasteiger partial charge on any atom is 0.229 e. The Morgan fingerprint density at radius 2 is 2.05 bits per heavy atom. The van der Waals surface area contributed by atoms with Gasteiger partial charge < -0.3 is 10.6 Å². The van der Waals surface area contributed by atoms with E-state index in [9.17, 15) is 12.8 Å². The molecule has 1 aromatic rings. The van der Waals surface area contributed by atoms with Crippen molar-refractivity contribution >= 4 is 21.4 Å². The SMILES string of the molecule is CS(=O)(=O)Nc1cc(NCC2CCNCC2)ccc1F. The number of piperidine rings is 1. The number of nitrogens with one attached hydrogen (secondary N) is 3. The summed E-state index contributed by atoms with van der Waals surface area (Å²) in [5.41, 5.74) is 0.693. The molecular weight excluding hydrogens is 281 g/mol. The average molecular weight is 301 g/mol. The zero-order valence-electron chi connectivity index (χ0n) is 11.4. The van der Waals surface area contributed by atoms with Gasteiger partial charge in [0.05, 0.1) is 11.9 Å². The highest BCUT2D eigenvalue weighted by atomic mass is 32.2. The topological polar surface area (TPSA) is 70.2 Å². The van der Waals surface area contributed by atoms with Crippen molar-refractivity contribution in [2.45, 2.75) is 12.8 Å². The molecule has 1 fully saturated rings. The van der Waals surface area contributed by atoms with Crippen molar-refractivity contribution in [1.82, 2.24) is 5.32 Å². The van der Waals surface area contributed by atoms with E-state index in [4.69, 9.17) is 0 Å². The molecule has 0 spiro atoms. The van der Waals surface area contributed by atoms with E-state index in [1.807, 2.05) is 0 Å². The first-order valence-electron chi connectivity index (χ1n) is 6.66. The first-order chi connectivity index (χ1) is 9.44. The molecule has 1 aliphatic heterocycles. The van der Waals surface area contributed by atoms with Gasteiger partial charge in [0.25, 0.3) is 0 Å². The molecule has 1 aromatic carbocycles. The minimum absolute atomic E-state index is 0.0252. The summed E-state index contributed by atoms with van der Waals surface area (Å²) < 4.78 is 38.0. The van der Waals surface area contributed by atoms with Crippen LogP contribution in [-0.4, -0.2) is 34.3 Å². The molecule has 0 radical (unpaired) electrons. The van der Waals surface area contributed by atoms with Gasteiger partial charge in [0, 0.05) is 12.2 Å². The van der Waals surface area contributed by atoms with Crippen molar-refractivity contribution < 1.29 is 12.8 Å². The van der Waals surface area contributed by atoms with Crippen LogP contribution < -0.4 is 15.4 Å². The molecule has 0 atom stereocenters. The molecule has 112 valence electrons. The maximum absolute atomic E-state index is 13.5. The van der Waals surface area contributed by atoms with E-state index in [-0.39, 0.29) is 5.69 Å². The Morgan fingerprint density at radius 1 is 1.35 bits per heavy atom. The van der Waals surface area contributed by atoms with E-state index in [0.29, 0.717) is 5.92 Å². The lowest BCUT2D eigenvalue weighted by molar-refractivity contribution is 0.390. The van der Waals surface area contributed by atoms with Gasteiger partial charge in [-0.2, -0.15) is 0 Å². The van der Waals surface area contributed by atoms with Crippen molar-refractivity contribution in [3.8, 4) is 0 Å². The number of rotatable bonds is 5. The normalized spacial score (nSPS) is 16.9. The van der Waals surface area contributed by atoms with Crippen molar-refractivity contribution in [3.63, 3.8) is 0 Å². The van der Waals surface area contributed by atoms with E-state index in [1.54, 1.807) is 6.07 Å². The van der Waals surface area contributed by atoms with Crippen LogP contribution in [0.4, 0.5) is 15.8 Å². The molecule has 0 saturated carbocycles. The zero-order valence-corrected chi connectivity index (χ0v) is 12.3. The molecule has 1 saturated heterocycles. The van der Waals surface area contributed by atoms with Crippen LogP contribution in [0.1, 0.15) is 12.8 Å². The van der Waals surface area contributed by atoms with Gasteiger partial charge in [0.15, 0.2) is 0 Å². The highest BCUT2D eigenvalue weighted by Gasteiger charge is 2.13. The summed E-state index contributed by atoms with van der Waals surface area (Å²) in [4.78, 5) is 0. The summed E-state index contributed by atoms with van der Waals surface area (Å²) in [7, 11) is -3.48. The molecule has 5 nitrogen and oxygen atoms in total. The molecule has 3 N–H and O–H groups in total. The summed E-state index contributed by atoms with van der Waals surface area (Å²) in [5, 5.41) is 6.54. The van der Waals surface area contributed by atoms with E-state index < -0.39 is 15.8 Å². The van der Waals surface area contributed by atoms with Gasteiger partial charge >= 0.3 is 0 Å². The summed E-state index contributed by atoms with van der Waals surface area (Å²) >= 11 is 0. The minimum atomic E-state index is -3.48. The van der Waals surface area contributed by atoms with E-state index >= 15 is 0 Å². The molecular formula is C13H20FN3O2S. The molecule has 0 bridgehead atoms. The van der Waals surface area contributed by atoms with Gasteiger partial charge in [-0.15, -0.1) is 0 Å². The van der Waals surface area contributed by atoms with Crippen molar-refractivity contribution in [2.24, 2.45) is 5.92 Å². The lowest BCUT2D eigenvalue weighted by atomic mass is 9.98. The van der Waals surface area contributed by atoms with Gasteiger partial charge in [-0.25, -0.2) is 12.8 Å². The Bertz CT molecular complexity index is 557. The van der Waals surface area contributed by atoms with E-state index in [2.05, 4.69) is 15.4 Å². The number of hydrogen-bond acceptors (Lipinski definition) is 4. The fourth-order valence-electron chi connectivity index (χ4n) is 2.26. The molecule has 7 heteroatoms. The van der Waals surface area contributed by atoms with Crippen LogP contribution in [-0.2, 0) is 10.0 Å². The van der Waals surface area contributed by atoms with Gasteiger partial charge in [0.1, 0.15) is 5.82 Å². The monoisotopic (exact) mass is 301 g/mol. The number of hydrogen-bond donors (Lipinski definition) is 3. The Morgan fingerprint density at radius 3 is 2.70 bits per heavy atom. The number of benzene rings is 1. The predicted molar refractivity (Wildman–Crippen MR) is 78.9 cm³/mol. The molecule has 2 rings (SSSR count). The Hall–Kier alpha value is -1.34. The lowest BCUT2D eigenvalue weighted by Gasteiger charge is -2.23. The second kappa shape index (κ2) is 6.41. The Balaban J connectivity index is 1.99. The van der Waals surface area contributed by atoms with Crippen LogP contribution >= 0.6 is 0 Å². The van der Waals surface area contributed by atoms with Gasteiger partial charge in [-0.05, 0) is 50.0 Å². The molecule has 0 amide bonds. The first kappa shape index (κ1) is 15.1. The fourth-order valence-corrected chi connectivity index (χ4v) is 2.82. The number of anilines is 2. The molecule has 0 aromatic heterocycles. The number of sulfonamides is 1. The molecule has 20 heavy (non-hydrogen) atoms. The van der Waals surface area contributed by atoms with Crippen LogP contribution in [0.25, 0.3) is 0 Å². The fraction of sp³-hybridized carbons (Fsp3) is 0.538. The van der Waals surface area contributed by atoms with Crippen LogP contribution in [0.15, 0.2) is 18.2 Å². The highest BCUT2D eigenvalue weighted by molar-refractivity contribution is 7.92. The smallest absolute Gasteiger partial charge is 0.229 e.